The second kappa shape index (κ2) is 5.52. The third-order valence-electron chi connectivity index (χ3n) is 2.65. The zero-order valence-electron chi connectivity index (χ0n) is 9.90. The molecule has 2 aromatic heterocycles. The highest BCUT2D eigenvalue weighted by Gasteiger charge is 2.10. The van der Waals surface area contributed by atoms with Crippen molar-refractivity contribution < 1.29 is 0 Å². The molecule has 90 valence electrons. The normalized spacial score (nSPS) is 12.4. The van der Waals surface area contributed by atoms with Gasteiger partial charge in [0, 0.05) is 4.88 Å². The first-order valence-corrected chi connectivity index (χ1v) is 6.88. The highest BCUT2D eigenvalue weighted by Crippen LogP contribution is 2.27. The SMILES string of the molecule is CCC(Nc1cnc(Cl)c(C)c1)c1cccs1. The van der Waals surface area contributed by atoms with Gasteiger partial charge in [0.05, 0.1) is 17.9 Å². The number of halogens is 1. The summed E-state index contributed by atoms with van der Waals surface area (Å²) >= 11 is 7.69. The summed E-state index contributed by atoms with van der Waals surface area (Å²) in [5.41, 5.74) is 2.02. The van der Waals surface area contributed by atoms with E-state index in [0.29, 0.717) is 11.2 Å². The molecular formula is C13H15ClN2S. The molecule has 0 aromatic carbocycles. The molecule has 0 radical (unpaired) electrons. The summed E-state index contributed by atoms with van der Waals surface area (Å²) in [6.45, 7) is 4.14. The molecule has 2 nitrogen and oxygen atoms in total. The predicted octanol–water partition coefficient (Wildman–Crippen LogP) is 4.67. The fourth-order valence-electron chi connectivity index (χ4n) is 1.70. The van der Waals surface area contributed by atoms with Crippen LogP contribution < -0.4 is 5.32 Å². The number of nitrogens with one attached hydrogen (secondary N) is 1. The number of thiophene rings is 1. The maximum absolute atomic E-state index is 5.91. The molecule has 1 N–H and O–H groups in total. The number of aryl methyl sites for hydroxylation is 1. The van der Waals surface area contributed by atoms with Crippen LogP contribution in [0, 0.1) is 6.92 Å². The minimum atomic E-state index is 0.345. The lowest BCUT2D eigenvalue weighted by Crippen LogP contribution is -2.08. The van der Waals surface area contributed by atoms with Gasteiger partial charge >= 0.3 is 0 Å². The molecule has 0 amide bonds. The Balaban J connectivity index is 2.16. The summed E-state index contributed by atoms with van der Waals surface area (Å²) in [7, 11) is 0. The Kier molecular flexibility index (Phi) is 4.02. The summed E-state index contributed by atoms with van der Waals surface area (Å²) in [5.74, 6) is 0. The quantitative estimate of drug-likeness (QED) is 0.814. The summed E-state index contributed by atoms with van der Waals surface area (Å²) in [5, 5.41) is 6.16. The number of pyridine rings is 1. The van der Waals surface area contributed by atoms with Gasteiger partial charge in [-0.05, 0) is 36.4 Å². The lowest BCUT2D eigenvalue weighted by Gasteiger charge is -2.17. The Hall–Kier alpha value is -1.06. The second-order valence-electron chi connectivity index (χ2n) is 3.95. The van der Waals surface area contributed by atoms with Crippen LogP contribution in [0.5, 0.6) is 0 Å². The van der Waals surface area contributed by atoms with Crippen molar-refractivity contribution in [2.24, 2.45) is 0 Å². The second-order valence-corrected chi connectivity index (χ2v) is 5.29. The summed E-state index contributed by atoms with van der Waals surface area (Å²) < 4.78 is 0. The van der Waals surface area contributed by atoms with Gasteiger partial charge in [-0.2, -0.15) is 0 Å². The van der Waals surface area contributed by atoms with Crippen LogP contribution in [0.15, 0.2) is 29.8 Å². The van der Waals surface area contributed by atoms with Crippen molar-refractivity contribution in [3.63, 3.8) is 0 Å². The number of hydrogen-bond donors (Lipinski definition) is 1. The van der Waals surface area contributed by atoms with Crippen LogP contribution in [-0.4, -0.2) is 4.98 Å². The van der Waals surface area contributed by atoms with Gasteiger partial charge in [-0.15, -0.1) is 11.3 Å². The van der Waals surface area contributed by atoms with E-state index in [-0.39, 0.29) is 0 Å². The van der Waals surface area contributed by atoms with E-state index in [1.54, 1.807) is 17.5 Å². The third kappa shape index (κ3) is 2.99. The van der Waals surface area contributed by atoms with Crippen LogP contribution in [-0.2, 0) is 0 Å². The lowest BCUT2D eigenvalue weighted by molar-refractivity contribution is 0.763. The van der Waals surface area contributed by atoms with Gasteiger partial charge < -0.3 is 5.32 Å². The van der Waals surface area contributed by atoms with E-state index < -0.39 is 0 Å². The smallest absolute Gasteiger partial charge is 0.132 e. The molecule has 1 unspecified atom stereocenters. The average Bonchev–Trinajstić information content (AvgIpc) is 2.84. The molecule has 1 atom stereocenters. The van der Waals surface area contributed by atoms with Gasteiger partial charge in [-0.25, -0.2) is 4.98 Å². The van der Waals surface area contributed by atoms with E-state index in [1.807, 2.05) is 13.0 Å². The molecule has 0 saturated carbocycles. The summed E-state index contributed by atoms with van der Waals surface area (Å²) in [6, 6.07) is 6.61. The number of rotatable bonds is 4. The van der Waals surface area contributed by atoms with Crippen LogP contribution in [0.4, 0.5) is 5.69 Å². The van der Waals surface area contributed by atoms with Gasteiger partial charge in [0.2, 0.25) is 0 Å². The highest BCUT2D eigenvalue weighted by atomic mass is 35.5. The third-order valence-corrected chi connectivity index (χ3v) is 4.03. The molecular weight excluding hydrogens is 252 g/mol. The number of nitrogens with zero attached hydrogens (tertiary/aromatic N) is 1. The maximum atomic E-state index is 5.91. The van der Waals surface area contributed by atoms with Gasteiger partial charge in [0.25, 0.3) is 0 Å². The first kappa shape index (κ1) is 12.4. The maximum Gasteiger partial charge on any atom is 0.132 e. The number of hydrogen-bond acceptors (Lipinski definition) is 3. The fourth-order valence-corrected chi connectivity index (χ4v) is 2.67. The standard InChI is InChI=1S/C13H15ClN2S/c1-3-11(12-5-4-6-17-12)16-10-7-9(2)13(14)15-8-10/h4-8,11,16H,3H2,1-2H3. The van der Waals surface area contributed by atoms with E-state index in [9.17, 15) is 0 Å². The van der Waals surface area contributed by atoms with E-state index in [2.05, 4.69) is 34.7 Å². The molecule has 0 aliphatic heterocycles. The molecule has 0 aliphatic carbocycles. The van der Waals surface area contributed by atoms with Crippen LogP contribution in [0.3, 0.4) is 0 Å². The monoisotopic (exact) mass is 266 g/mol. The molecule has 0 fully saturated rings. The summed E-state index contributed by atoms with van der Waals surface area (Å²) in [6.07, 6.45) is 2.83. The van der Waals surface area contributed by atoms with Gasteiger partial charge in [-0.3, -0.25) is 0 Å². The Morgan fingerprint density at radius 1 is 1.53 bits per heavy atom. The molecule has 0 saturated heterocycles. The zero-order chi connectivity index (χ0) is 12.3. The largest absolute Gasteiger partial charge is 0.376 e. The van der Waals surface area contributed by atoms with Crippen molar-refractivity contribution in [3.8, 4) is 0 Å². The van der Waals surface area contributed by atoms with Gasteiger partial charge in [0.15, 0.2) is 0 Å². The van der Waals surface area contributed by atoms with E-state index in [1.165, 1.54) is 4.88 Å². The van der Waals surface area contributed by atoms with Crippen molar-refractivity contribution in [2.75, 3.05) is 5.32 Å². The molecule has 17 heavy (non-hydrogen) atoms. The summed E-state index contributed by atoms with van der Waals surface area (Å²) in [4.78, 5) is 5.50. The number of aromatic nitrogens is 1. The molecule has 0 aliphatic rings. The first-order chi connectivity index (χ1) is 8.20. The first-order valence-electron chi connectivity index (χ1n) is 5.62. The molecule has 0 bridgehead atoms. The molecule has 4 heteroatoms. The van der Waals surface area contributed by atoms with E-state index in [4.69, 9.17) is 11.6 Å². The van der Waals surface area contributed by atoms with Gasteiger partial charge in [-0.1, -0.05) is 24.6 Å². The topological polar surface area (TPSA) is 24.9 Å². The predicted molar refractivity (Wildman–Crippen MR) is 75.0 cm³/mol. The Morgan fingerprint density at radius 2 is 2.35 bits per heavy atom. The average molecular weight is 267 g/mol. The van der Waals surface area contributed by atoms with Crippen molar-refractivity contribution in [2.45, 2.75) is 26.3 Å². The molecule has 2 heterocycles. The molecule has 2 rings (SSSR count). The van der Waals surface area contributed by atoms with E-state index in [0.717, 1.165) is 17.7 Å². The van der Waals surface area contributed by atoms with Crippen molar-refractivity contribution in [3.05, 3.63) is 45.4 Å². The van der Waals surface area contributed by atoms with Crippen LogP contribution in [0.2, 0.25) is 5.15 Å². The molecule has 0 spiro atoms. The number of anilines is 1. The fraction of sp³-hybridized carbons (Fsp3) is 0.308. The minimum Gasteiger partial charge on any atom is -0.376 e. The minimum absolute atomic E-state index is 0.345. The van der Waals surface area contributed by atoms with Crippen LogP contribution in [0.25, 0.3) is 0 Å². The highest BCUT2D eigenvalue weighted by molar-refractivity contribution is 7.10. The van der Waals surface area contributed by atoms with Crippen molar-refractivity contribution in [1.82, 2.24) is 4.98 Å². The zero-order valence-corrected chi connectivity index (χ0v) is 11.5. The lowest BCUT2D eigenvalue weighted by atomic mass is 10.1. The van der Waals surface area contributed by atoms with E-state index >= 15 is 0 Å². The van der Waals surface area contributed by atoms with Crippen LogP contribution in [0.1, 0.15) is 29.8 Å². The van der Waals surface area contributed by atoms with Crippen molar-refractivity contribution in [1.29, 1.82) is 0 Å². The van der Waals surface area contributed by atoms with Crippen LogP contribution >= 0.6 is 22.9 Å². The Labute approximate surface area is 111 Å². The molecule has 2 aromatic rings. The Morgan fingerprint density at radius 3 is 2.94 bits per heavy atom. The van der Waals surface area contributed by atoms with Crippen molar-refractivity contribution >= 4 is 28.6 Å². The van der Waals surface area contributed by atoms with Gasteiger partial charge in [0.1, 0.15) is 5.15 Å². The Bertz CT molecular complexity index is 482.